The molecule has 1 amide bonds. The number of rotatable bonds is 3. The van der Waals surface area contributed by atoms with E-state index in [-0.39, 0.29) is 30.6 Å². The number of carbonyl (C=O) groups excluding carboxylic acids is 1. The number of ether oxygens (including phenoxy) is 2. The van der Waals surface area contributed by atoms with Crippen LogP contribution < -0.4 is 25.6 Å². The highest BCUT2D eigenvalue weighted by Gasteiger charge is 2.37. The van der Waals surface area contributed by atoms with Crippen LogP contribution in [-0.4, -0.2) is 30.8 Å². The molecule has 2 aromatic rings. The summed E-state index contributed by atoms with van der Waals surface area (Å²) in [6.45, 7) is 2.25. The number of benzene rings is 2. The lowest BCUT2D eigenvalue weighted by molar-refractivity contribution is -0.131. The van der Waals surface area contributed by atoms with E-state index in [9.17, 15) is 4.79 Å². The topological polar surface area (TPSA) is 71.6 Å². The Morgan fingerprint density at radius 3 is 2.62 bits per heavy atom. The van der Waals surface area contributed by atoms with Gasteiger partial charge in [0.05, 0.1) is 0 Å². The molecular weight excluding hydrogens is 354 g/mol. The summed E-state index contributed by atoms with van der Waals surface area (Å²) < 4.78 is 11.4. The van der Waals surface area contributed by atoms with E-state index in [1.54, 1.807) is 6.07 Å². The molecule has 4 rings (SSSR count). The SMILES string of the molecule is CC1NNC(NC(=O)C2COc3ccccc3O2)C1c1ccc(Cl)cc1. The number of hydrazine groups is 1. The quantitative estimate of drug-likeness (QED) is 0.769. The predicted molar refractivity (Wildman–Crippen MR) is 98.2 cm³/mol. The van der Waals surface area contributed by atoms with Gasteiger partial charge >= 0.3 is 0 Å². The van der Waals surface area contributed by atoms with Gasteiger partial charge in [0.1, 0.15) is 12.8 Å². The van der Waals surface area contributed by atoms with Crippen LogP contribution in [0.25, 0.3) is 0 Å². The number of amides is 1. The largest absolute Gasteiger partial charge is 0.485 e. The van der Waals surface area contributed by atoms with Gasteiger partial charge in [-0.1, -0.05) is 35.9 Å². The summed E-state index contributed by atoms with van der Waals surface area (Å²) in [6, 6.07) is 15.2. The number of hydrogen-bond donors (Lipinski definition) is 3. The number of hydrogen-bond acceptors (Lipinski definition) is 5. The highest BCUT2D eigenvalue weighted by molar-refractivity contribution is 6.30. The second-order valence-corrected chi connectivity index (χ2v) is 6.94. The molecular formula is C19H20ClN3O3. The van der Waals surface area contributed by atoms with Gasteiger partial charge in [-0.05, 0) is 36.8 Å². The summed E-state index contributed by atoms with van der Waals surface area (Å²) in [5.41, 5.74) is 7.43. The molecule has 4 unspecified atom stereocenters. The molecule has 2 aromatic carbocycles. The minimum Gasteiger partial charge on any atom is -0.485 e. The second kappa shape index (κ2) is 7.15. The summed E-state index contributed by atoms with van der Waals surface area (Å²) in [5, 5.41) is 3.71. The average molecular weight is 374 g/mol. The minimum absolute atomic E-state index is 0.0630. The molecule has 1 saturated heterocycles. The Morgan fingerprint density at radius 1 is 1.12 bits per heavy atom. The van der Waals surface area contributed by atoms with Crippen LogP contribution in [0.5, 0.6) is 11.5 Å². The molecule has 3 N–H and O–H groups in total. The Kier molecular flexibility index (Phi) is 4.72. The monoisotopic (exact) mass is 373 g/mol. The van der Waals surface area contributed by atoms with Crippen LogP contribution in [0, 0.1) is 0 Å². The van der Waals surface area contributed by atoms with Crippen molar-refractivity contribution in [2.24, 2.45) is 0 Å². The van der Waals surface area contributed by atoms with E-state index >= 15 is 0 Å². The van der Waals surface area contributed by atoms with E-state index in [0.717, 1.165) is 5.56 Å². The zero-order chi connectivity index (χ0) is 18.1. The standard InChI is InChI=1S/C19H20ClN3O3/c1-11-17(12-6-8-13(20)9-7-12)18(23-22-11)21-19(24)16-10-25-14-4-2-3-5-15(14)26-16/h2-9,11,16-18,22-23H,10H2,1H3,(H,21,24). The molecule has 0 aromatic heterocycles. The van der Waals surface area contributed by atoms with Gasteiger partial charge in [-0.3, -0.25) is 10.2 Å². The van der Waals surface area contributed by atoms with E-state index in [1.807, 2.05) is 42.5 Å². The highest BCUT2D eigenvalue weighted by atomic mass is 35.5. The minimum atomic E-state index is -0.687. The molecule has 1 fully saturated rings. The summed E-state index contributed by atoms with van der Waals surface area (Å²) in [4.78, 5) is 12.7. The first-order chi connectivity index (χ1) is 12.6. The van der Waals surface area contributed by atoms with Gasteiger partial charge in [-0.25, -0.2) is 5.43 Å². The van der Waals surface area contributed by atoms with Gasteiger partial charge in [0.15, 0.2) is 11.5 Å². The van der Waals surface area contributed by atoms with E-state index in [0.29, 0.717) is 16.5 Å². The fourth-order valence-corrected chi connectivity index (χ4v) is 3.50. The summed E-state index contributed by atoms with van der Waals surface area (Å²) in [5.74, 6) is 1.09. The Labute approximate surface area is 156 Å². The van der Waals surface area contributed by atoms with Crippen molar-refractivity contribution in [1.29, 1.82) is 0 Å². The van der Waals surface area contributed by atoms with Crippen molar-refractivity contribution in [2.45, 2.75) is 31.2 Å². The number of fused-ring (bicyclic) bond motifs is 1. The van der Waals surface area contributed by atoms with Crippen LogP contribution >= 0.6 is 11.6 Å². The normalized spacial score (nSPS) is 27.2. The molecule has 2 aliphatic heterocycles. The van der Waals surface area contributed by atoms with Gasteiger partial charge in [-0.2, -0.15) is 0 Å². The number of halogens is 1. The molecule has 0 aliphatic carbocycles. The van der Waals surface area contributed by atoms with Crippen molar-refractivity contribution in [3.8, 4) is 11.5 Å². The van der Waals surface area contributed by atoms with Crippen molar-refractivity contribution in [3.63, 3.8) is 0 Å². The highest BCUT2D eigenvalue weighted by Crippen LogP contribution is 2.31. The van der Waals surface area contributed by atoms with Crippen LogP contribution in [0.4, 0.5) is 0 Å². The van der Waals surface area contributed by atoms with Crippen LogP contribution in [0.3, 0.4) is 0 Å². The van der Waals surface area contributed by atoms with Crippen LogP contribution in [-0.2, 0) is 4.79 Å². The van der Waals surface area contributed by atoms with E-state index < -0.39 is 6.10 Å². The molecule has 0 spiro atoms. The molecule has 7 heteroatoms. The third-order valence-electron chi connectivity index (χ3n) is 4.72. The first kappa shape index (κ1) is 17.1. The summed E-state index contributed by atoms with van der Waals surface area (Å²) in [7, 11) is 0. The van der Waals surface area contributed by atoms with Gasteiger partial charge < -0.3 is 14.8 Å². The fraction of sp³-hybridized carbons (Fsp3) is 0.316. The van der Waals surface area contributed by atoms with Crippen molar-refractivity contribution >= 4 is 17.5 Å². The number of para-hydroxylation sites is 2. The molecule has 136 valence electrons. The Morgan fingerprint density at radius 2 is 1.85 bits per heavy atom. The summed E-state index contributed by atoms with van der Waals surface area (Å²) >= 11 is 5.99. The van der Waals surface area contributed by atoms with Crippen LogP contribution in [0.15, 0.2) is 48.5 Å². The lowest BCUT2D eigenvalue weighted by atomic mass is 9.91. The smallest absolute Gasteiger partial charge is 0.265 e. The lowest BCUT2D eigenvalue weighted by Gasteiger charge is -2.28. The van der Waals surface area contributed by atoms with E-state index in [2.05, 4.69) is 23.1 Å². The van der Waals surface area contributed by atoms with Crippen molar-refractivity contribution in [1.82, 2.24) is 16.2 Å². The molecule has 0 bridgehead atoms. The number of nitrogens with one attached hydrogen (secondary N) is 3. The predicted octanol–water partition coefficient (Wildman–Crippen LogP) is 2.20. The van der Waals surface area contributed by atoms with Crippen molar-refractivity contribution in [3.05, 3.63) is 59.1 Å². The van der Waals surface area contributed by atoms with Crippen LogP contribution in [0.1, 0.15) is 18.4 Å². The van der Waals surface area contributed by atoms with Crippen molar-refractivity contribution < 1.29 is 14.3 Å². The molecule has 2 heterocycles. The van der Waals surface area contributed by atoms with Gasteiger partial charge in [0, 0.05) is 17.0 Å². The Balaban J connectivity index is 1.46. The zero-order valence-electron chi connectivity index (χ0n) is 14.2. The molecule has 0 radical (unpaired) electrons. The molecule has 0 saturated carbocycles. The lowest BCUT2D eigenvalue weighted by Crippen LogP contribution is -2.52. The molecule has 4 atom stereocenters. The Bertz CT molecular complexity index is 799. The molecule has 6 nitrogen and oxygen atoms in total. The Hall–Kier alpha value is -2.28. The van der Waals surface area contributed by atoms with Crippen molar-refractivity contribution in [2.75, 3.05) is 6.61 Å². The maximum atomic E-state index is 12.7. The third-order valence-corrected chi connectivity index (χ3v) is 4.97. The van der Waals surface area contributed by atoms with E-state index in [1.165, 1.54) is 0 Å². The van der Waals surface area contributed by atoms with Crippen LogP contribution in [0.2, 0.25) is 5.02 Å². The molecule has 26 heavy (non-hydrogen) atoms. The maximum absolute atomic E-state index is 12.7. The van der Waals surface area contributed by atoms with Gasteiger partial charge in [0.2, 0.25) is 6.10 Å². The average Bonchev–Trinajstić information content (AvgIpc) is 3.02. The van der Waals surface area contributed by atoms with Gasteiger partial charge in [0.25, 0.3) is 5.91 Å². The third kappa shape index (κ3) is 3.35. The number of carbonyl (C=O) groups is 1. The fourth-order valence-electron chi connectivity index (χ4n) is 3.38. The van der Waals surface area contributed by atoms with E-state index in [4.69, 9.17) is 21.1 Å². The second-order valence-electron chi connectivity index (χ2n) is 6.51. The zero-order valence-corrected chi connectivity index (χ0v) is 15.0. The first-order valence-electron chi connectivity index (χ1n) is 8.57. The maximum Gasteiger partial charge on any atom is 0.265 e. The molecule has 2 aliphatic rings. The summed E-state index contributed by atoms with van der Waals surface area (Å²) in [6.07, 6.45) is -0.951. The van der Waals surface area contributed by atoms with Gasteiger partial charge in [-0.15, -0.1) is 0 Å². The first-order valence-corrected chi connectivity index (χ1v) is 8.95.